The van der Waals surface area contributed by atoms with Gasteiger partial charge in [-0.05, 0) is 69.4 Å². The Labute approximate surface area is 201 Å². The monoisotopic (exact) mass is 465 g/mol. The van der Waals surface area contributed by atoms with E-state index < -0.39 is 5.60 Å². The van der Waals surface area contributed by atoms with E-state index in [0.717, 1.165) is 37.3 Å². The van der Waals surface area contributed by atoms with E-state index in [1.165, 1.54) is 16.5 Å². The number of piperidine rings is 1. The maximum absolute atomic E-state index is 12.4. The Morgan fingerprint density at radius 2 is 1.62 bits per heavy atom. The third-order valence-corrected chi connectivity index (χ3v) is 6.28. The minimum atomic E-state index is -0.466. The van der Waals surface area contributed by atoms with E-state index in [4.69, 9.17) is 14.2 Å². The van der Waals surface area contributed by atoms with Crippen LogP contribution in [-0.4, -0.2) is 48.5 Å². The molecule has 1 saturated heterocycles. The number of carbonyl (C=O) groups is 1. The minimum absolute atomic E-state index is 0.213. The number of nitrogens with zero attached hydrogens (tertiary/aromatic N) is 2. The van der Waals surface area contributed by atoms with Crippen LogP contribution in [-0.2, 0) is 11.8 Å². The van der Waals surface area contributed by atoms with Crippen molar-refractivity contribution in [1.29, 1.82) is 0 Å². The zero-order chi connectivity index (χ0) is 24.5. The molecule has 0 atom stereocenters. The Kier molecular flexibility index (Phi) is 6.64. The smallest absolute Gasteiger partial charge is 0.410 e. The molecule has 0 radical (unpaired) electrons. The molecule has 0 saturated carbocycles. The molecule has 1 aliphatic heterocycles. The van der Waals surface area contributed by atoms with E-state index in [-0.39, 0.29) is 6.09 Å². The molecule has 182 valence electrons. The number of fused-ring (bicyclic) bond motifs is 1. The van der Waals surface area contributed by atoms with Gasteiger partial charge in [0.15, 0.2) is 11.5 Å². The lowest BCUT2D eigenvalue weighted by atomic mass is 9.89. The SMILES string of the molecule is COc1ccc(Nc2ccc3c(C4CCN(C(=O)OC(C)(C)C)CC4)cn(C)c3c2)cc1OC. The maximum Gasteiger partial charge on any atom is 0.410 e. The molecule has 7 nitrogen and oxygen atoms in total. The number of rotatable bonds is 5. The van der Waals surface area contributed by atoms with E-state index in [1.807, 2.05) is 43.9 Å². The molecular formula is C27H35N3O4. The molecule has 34 heavy (non-hydrogen) atoms. The van der Waals surface area contributed by atoms with Crippen LogP contribution in [0.4, 0.5) is 16.2 Å². The van der Waals surface area contributed by atoms with E-state index >= 15 is 0 Å². The van der Waals surface area contributed by atoms with Gasteiger partial charge in [-0.3, -0.25) is 0 Å². The molecule has 1 amide bonds. The lowest BCUT2D eigenvalue weighted by molar-refractivity contribution is 0.0205. The quantitative estimate of drug-likeness (QED) is 0.497. The highest BCUT2D eigenvalue weighted by Crippen LogP contribution is 2.36. The van der Waals surface area contributed by atoms with Crippen LogP contribution in [0, 0.1) is 0 Å². The average Bonchev–Trinajstić information content (AvgIpc) is 3.14. The normalized spacial score (nSPS) is 14.8. The highest BCUT2D eigenvalue weighted by atomic mass is 16.6. The lowest BCUT2D eigenvalue weighted by Crippen LogP contribution is -2.41. The second-order valence-corrected chi connectivity index (χ2v) is 9.86. The van der Waals surface area contributed by atoms with Crippen LogP contribution >= 0.6 is 0 Å². The van der Waals surface area contributed by atoms with Gasteiger partial charge >= 0.3 is 6.09 Å². The zero-order valence-corrected chi connectivity index (χ0v) is 21.0. The van der Waals surface area contributed by atoms with Gasteiger partial charge < -0.3 is 29.0 Å². The topological polar surface area (TPSA) is 65.0 Å². The second kappa shape index (κ2) is 9.49. The summed E-state index contributed by atoms with van der Waals surface area (Å²) in [4.78, 5) is 14.2. The van der Waals surface area contributed by atoms with Gasteiger partial charge in [0.25, 0.3) is 0 Å². The van der Waals surface area contributed by atoms with E-state index in [1.54, 1.807) is 14.2 Å². The highest BCUT2D eigenvalue weighted by Gasteiger charge is 2.28. The third kappa shape index (κ3) is 5.08. The molecule has 4 rings (SSSR count). The van der Waals surface area contributed by atoms with Gasteiger partial charge in [0, 0.05) is 49.2 Å². The molecule has 1 aliphatic rings. The minimum Gasteiger partial charge on any atom is -0.493 e. The number of hydrogen-bond acceptors (Lipinski definition) is 5. The van der Waals surface area contributed by atoms with Crippen molar-refractivity contribution in [2.24, 2.45) is 7.05 Å². The first-order valence-electron chi connectivity index (χ1n) is 11.7. The van der Waals surface area contributed by atoms with Crippen LogP contribution < -0.4 is 14.8 Å². The first-order valence-corrected chi connectivity index (χ1v) is 11.7. The Bertz CT molecular complexity index is 1170. The van der Waals surface area contributed by atoms with Crippen LogP contribution in [0.3, 0.4) is 0 Å². The highest BCUT2D eigenvalue weighted by molar-refractivity contribution is 5.88. The number of hydrogen-bond donors (Lipinski definition) is 1. The number of ether oxygens (including phenoxy) is 3. The molecule has 2 heterocycles. The van der Waals surface area contributed by atoms with Gasteiger partial charge in [0.1, 0.15) is 5.60 Å². The fraction of sp³-hybridized carbons (Fsp3) is 0.444. The fourth-order valence-corrected chi connectivity index (χ4v) is 4.60. The number of anilines is 2. The molecule has 0 spiro atoms. The van der Waals surface area contributed by atoms with E-state index in [2.05, 4.69) is 41.3 Å². The van der Waals surface area contributed by atoms with Crippen LogP contribution in [0.25, 0.3) is 10.9 Å². The van der Waals surface area contributed by atoms with Crippen molar-refractivity contribution in [3.8, 4) is 11.5 Å². The molecule has 7 heteroatoms. The maximum atomic E-state index is 12.4. The molecule has 0 bridgehead atoms. The summed E-state index contributed by atoms with van der Waals surface area (Å²) < 4.78 is 18.5. The van der Waals surface area contributed by atoms with Gasteiger partial charge in [0.05, 0.1) is 19.7 Å². The summed E-state index contributed by atoms with van der Waals surface area (Å²) in [5.41, 5.74) is 3.99. The average molecular weight is 466 g/mol. The summed E-state index contributed by atoms with van der Waals surface area (Å²) >= 11 is 0. The second-order valence-electron chi connectivity index (χ2n) is 9.86. The number of amides is 1. The Hall–Kier alpha value is -3.35. The molecule has 1 fully saturated rings. The van der Waals surface area contributed by atoms with Crippen molar-refractivity contribution in [3.63, 3.8) is 0 Å². The number of methoxy groups -OCH3 is 2. The van der Waals surface area contributed by atoms with Crippen molar-refractivity contribution in [2.45, 2.75) is 45.1 Å². The summed E-state index contributed by atoms with van der Waals surface area (Å²) in [5, 5.41) is 4.73. The number of nitrogens with one attached hydrogen (secondary N) is 1. The third-order valence-electron chi connectivity index (χ3n) is 6.28. The molecule has 0 aliphatic carbocycles. The first-order chi connectivity index (χ1) is 16.2. The van der Waals surface area contributed by atoms with Crippen molar-refractivity contribution in [3.05, 3.63) is 48.2 Å². The molecule has 2 aromatic carbocycles. The summed E-state index contributed by atoms with van der Waals surface area (Å²) in [5.74, 6) is 1.81. The molecule has 1 aromatic heterocycles. The van der Waals surface area contributed by atoms with Crippen LogP contribution in [0.1, 0.15) is 45.1 Å². The van der Waals surface area contributed by atoms with Gasteiger partial charge in [-0.25, -0.2) is 4.79 Å². The van der Waals surface area contributed by atoms with Crippen molar-refractivity contribution < 1.29 is 19.0 Å². The van der Waals surface area contributed by atoms with Gasteiger partial charge in [0.2, 0.25) is 0 Å². The molecular weight excluding hydrogens is 430 g/mol. The van der Waals surface area contributed by atoms with E-state index in [0.29, 0.717) is 17.4 Å². The summed E-state index contributed by atoms with van der Waals surface area (Å²) in [6, 6.07) is 12.3. The van der Waals surface area contributed by atoms with Gasteiger partial charge in [-0.2, -0.15) is 0 Å². The number of aromatic nitrogens is 1. The Morgan fingerprint density at radius 1 is 0.971 bits per heavy atom. The van der Waals surface area contributed by atoms with Crippen LogP contribution in [0.5, 0.6) is 11.5 Å². The summed E-state index contributed by atoms with van der Waals surface area (Å²) in [6.45, 7) is 7.15. The standard InChI is InChI=1S/C27H35N3O4/c1-27(2,3)34-26(31)30-13-11-18(12-14-30)22-17-29(4)23-15-19(7-9-21(22)23)28-20-8-10-24(32-5)25(16-20)33-6/h7-10,15-18,28H,11-14H2,1-6H3. The number of carbonyl (C=O) groups excluding carboxylic acids is 1. The zero-order valence-electron chi connectivity index (χ0n) is 21.0. The largest absolute Gasteiger partial charge is 0.493 e. The number of benzene rings is 2. The lowest BCUT2D eigenvalue weighted by Gasteiger charge is -2.33. The molecule has 1 N–H and O–H groups in total. The van der Waals surface area contributed by atoms with Gasteiger partial charge in [-0.1, -0.05) is 6.07 Å². The number of aryl methyl sites for hydroxylation is 1. The Morgan fingerprint density at radius 3 is 2.26 bits per heavy atom. The predicted octanol–water partition coefficient (Wildman–Crippen LogP) is 6.05. The molecule has 3 aromatic rings. The van der Waals surface area contributed by atoms with E-state index in [9.17, 15) is 4.79 Å². The fourth-order valence-electron chi connectivity index (χ4n) is 4.60. The van der Waals surface area contributed by atoms with Crippen molar-refractivity contribution in [1.82, 2.24) is 9.47 Å². The summed E-state index contributed by atoms with van der Waals surface area (Å²) in [6.07, 6.45) is 3.89. The predicted molar refractivity (Wildman–Crippen MR) is 136 cm³/mol. The van der Waals surface area contributed by atoms with Crippen molar-refractivity contribution in [2.75, 3.05) is 32.6 Å². The first kappa shape index (κ1) is 23.8. The van der Waals surface area contributed by atoms with Crippen molar-refractivity contribution >= 4 is 28.4 Å². The number of likely N-dealkylation sites (tertiary alicyclic amines) is 1. The van der Waals surface area contributed by atoms with Crippen LogP contribution in [0.2, 0.25) is 0 Å². The summed E-state index contributed by atoms with van der Waals surface area (Å²) in [7, 11) is 5.35. The Balaban J connectivity index is 1.49. The van der Waals surface area contributed by atoms with Gasteiger partial charge in [-0.15, -0.1) is 0 Å². The molecule has 0 unspecified atom stereocenters. The van der Waals surface area contributed by atoms with Crippen LogP contribution in [0.15, 0.2) is 42.6 Å².